The van der Waals surface area contributed by atoms with Gasteiger partial charge >= 0.3 is 0 Å². The SMILES string of the molecule is Cc1ccc(-c2cn(C(C)c3ccccc3)nn2)cc1. The van der Waals surface area contributed by atoms with Crippen LogP contribution in [0.1, 0.15) is 24.1 Å². The minimum absolute atomic E-state index is 0.183. The molecule has 1 aromatic heterocycles. The highest BCUT2D eigenvalue weighted by atomic mass is 15.4. The number of aryl methyl sites for hydroxylation is 1. The zero-order valence-electron chi connectivity index (χ0n) is 11.7. The molecule has 3 heteroatoms. The van der Waals surface area contributed by atoms with Gasteiger partial charge in [-0.25, -0.2) is 4.68 Å². The summed E-state index contributed by atoms with van der Waals surface area (Å²) in [6, 6.07) is 18.9. The van der Waals surface area contributed by atoms with Crippen LogP contribution in [-0.2, 0) is 0 Å². The van der Waals surface area contributed by atoms with E-state index in [1.165, 1.54) is 11.1 Å². The van der Waals surface area contributed by atoms with Crippen LogP contribution in [-0.4, -0.2) is 15.0 Å². The molecule has 3 aromatic rings. The van der Waals surface area contributed by atoms with Crippen LogP contribution in [0.3, 0.4) is 0 Å². The molecule has 20 heavy (non-hydrogen) atoms. The second-order valence-corrected chi connectivity index (χ2v) is 5.04. The molecule has 3 rings (SSSR count). The monoisotopic (exact) mass is 263 g/mol. The Morgan fingerprint density at radius 3 is 2.35 bits per heavy atom. The van der Waals surface area contributed by atoms with Crippen molar-refractivity contribution in [2.75, 3.05) is 0 Å². The Labute approximate surface area is 118 Å². The first-order valence-corrected chi connectivity index (χ1v) is 6.78. The highest BCUT2D eigenvalue weighted by molar-refractivity contribution is 5.57. The van der Waals surface area contributed by atoms with E-state index in [0.29, 0.717) is 0 Å². The molecule has 3 nitrogen and oxygen atoms in total. The zero-order valence-corrected chi connectivity index (χ0v) is 11.7. The Balaban J connectivity index is 1.89. The fourth-order valence-corrected chi connectivity index (χ4v) is 2.21. The van der Waals surface area contributed by atoms with E-state index in [1.807, 2.05) is 29.1 Å². The van der Waals surface area contributed by atoms with Crippen molar-refractivity contribution in [3.63, 3.8) is 0 Å². The Kier molecular flexibility index (Phi) is 3.33. The smallest absolute Gasteiger partial charge is 0.113 e. The van der Waals surface area contributed by atoms with E-state index in [2.05, 4.69) is 60.6 Å². The Bertz CT molecular complexity index is 684. The summed E-state index contributed by atoms with van der Waals surface area (Å²) in [5.74, 6) is 0. The van der Waals surface area contributed by atoms with Crippen molar-refractivity contribution < 1.29 is 0 Å². The highest BCUT2D eigenvalue weighted by Gasteiger charge is 2.10. The van der Waals surface area contributed by atoms with E-state index in [9.17, 15) is 0 Å². The molecule has 0 amide bonds. The lowest BCUT2D eigenvalue weighted by Crippen LogP contribution is -2.07. The molecule has 0 spiro atoms. The minimum atomic E-state index is 0.183. The van der Waals surface area contributed by atoms with E-state index in [4.69, 9.17) is 0 Å². The molecular weight excluding hydrogens is 246 g/mol. The average Bonchev–Trinajstić information content (AvgIpc) is 2.98. The van der Waals surface area contributed by atoms with Crippen LogP contribution < -0.4 is 0 Å². The molecule has 0 N–H and O–H groups in total. The van der Waals surface area contributed by atoms with Crippen molar-refractivity contribution in [1.29, 1.82) is 0 Å². The summed E-state index contributed by atoms with van der Waals surface area (Å²) in [4.78, 5) is 0. The van der Waals surface area contributed by atoms with Crippen molar-refractivity contribution in [2.45, 2.75) is 19.9 Å². The van der Waals surface area contributed by atoms with Gasteiger partial charge in [0.05, 0.1) is 12.2 Å². The number of aromatic nitrogens is 3. The molecule has 0 aliphatic rings. The topological polar surface area (TPSA) is 30.7 Å². The van der Waals surface area contributed by atoms with Crippen LogP contribution >= 0.6 is 0 Å². The van der Waals surface area contributed by atoms with Gasteiger partial charge in [-0.3, -0.25) is 0 Å². The minimum Gasteiger partial charge on any atom is -0.245 e. The third-order valence-electron chi connectivity index (χ3n) is 3.54. The van der Waals surface area contributed by atoms with Gasteiger partial charge in [-0.2, -0.15) is 0 Å². The normalized spacial score (nSPS) is 12.3. The van der Waals surface area contributed by atoms with Gasteiger partial charge in [0, 0.05) is 5.56 Å². The second kappa shape index (κ2) is 5.29. The molecule has 2 aromatic carbocycles. The third-order valence-corrected chi connectivity index (χ3v) is 3.54. The molecule has 1 unspecified atom stereocenters. The lowest BCUT2D eigenvalue weighted by Gasteiger charge is -2.10. The molecule has 0 aliphatic heterocycles. The molecule has 1 heterocycles. The van der Waals surface area contributed by atoms with Gasteiger partial charge in [-0.1, -0.05) is 65.4 Å². The second-order valence-electron chi connectivity index (χ2n) is 5.04. The van der Waals surface area contributed by atoms with Crippen LogP contribution in [0.2, 0.25) is 0 Å². The van der Waals surface area contributed by atoms with Crippen molar-refractivity contribution in [2.24, 2.45) is 0 Å². The standard InChI is InChI=1S/C17H17N3/c1-13-8-10-16(11-9-13)17-12-20(19-18-17)14(2)15-6-4-3-5-7-15/h3-12,14H,1-2H3. The maximum Gasteiger partial charge on any atom is 0.113 e. The molecule has 100 valence electrons. The fourth-order valence-electron chi connectivity index (χ4n) is 2.21. The predicted octanol–water partition coefficient (Wildman–Crippen LogP) is 3.86. The third kappa shape index (κ3) is 2.48. The van der Waals surface area contributed by atoms with Crippen LogP contribution in [0.15, 0.2) is 60.8 Å². The summed E-state index contributed by atoms with van der Waals surface area (Å²) in [5, 5.41) is 8.53. The maximum atomic E-state index is 4.28. The van der Waals surface area contributed by atoms with Crippen molar-refractivity contribution in [3.05, 3.63) is 71.9 Å². The summed E-state index contributed by atoms with van der Waals surface area (Å²) < 4.78 is 1.91. The molecule has 0 saturated carbocycles. The van der Waals surface area contributed by atoms with Gasteiger partial charge in [-0.15, -0.1) is 5.10 Å². The Morgan fingerprint density at radius 2 is 1.65 bits per heavy atom. The Hall–Kier alpha value is -2.42. The number of nitrogens with zero attached hydrogens (tertiary/aromatic N) is 3. The Morgan fingerprint density at radius 1 is 0.950 bits per heavy atom. The van der Waals surface area contributed by atoms with Gasteiger partial charge in [0.2, 0.25) is 0 Å². The van der Waals surface area contributed by atoms with E-state index in [1.54, 1.807) is 0 Å². The van der Waals surface area contributed by atoms with Crippen molar-refractivity contribution in [3.8, 4) is 11.3 Å². The van der Waals surface area contributed by atoms with Gasteiger partial charge < -0.3 is 0 Å². The van der Waals surface area contributed by atoms with Gasteiger partial charge in [0.25, 0.3) is 0 Å². The van der Waals surface area contributed by atoms with Crippen LogP contribution in [0.4, 0.5) is 0 Å². The molecular formula is C17H17N3. The van der Waals surface area contributed by atoms with Crippen LogP contribution in [0.25, 0.3) is 11.3 Å². The number of benzene rings is 2. The molecule has 0 saturated heterocycles. The van der Waals surface area contributed by atoms with Gasteiger partial charge in [0.15, 0.2) is 0 Å². The summed E-state index contributed by atoms with van der Waals surface area (Å²) >= 11 is 0. The van der Waals surface area contributed by atoms with E-state index in [-0.39, 0.29) is 6.04 Å². The van der Waals surface area contributed by atoms with E-state index in [0.717, 1.165) is 11.3 Å². The van der Waals surface area contributed by atoms with Crippen molar-refractivity contribution >= 4 is 0 Å². The molecule has 0 aliphatic carbocycles. The first kappa shape index (κ1) is 12.6. The molecule has 0 bridgehead atoms. The first-order chi connectivity index (χ1) is 9.74. The number of rotatable bonds is 3. The summed E-state index contributed by atoms with van der Waals surface area (Å²) in [5.41, 5.74) is 4.49. The van der Waals surface area contributed by atoms with Crippen LogP contribution in [0.5, 0.6) is 0 Å². The number of hydrogen-bond acceptors (Lipinski definition) is 2. The predicted molar refractivity (Wildman–Crippen MR) is 80.5 cm³/mol. The average molecular weight is 263 g/mol. The van der Waals surface area contributed by atoms with E-state index < -0.39 is 0 Å². The van der Waals surface area contributed by atoms with Crippen molar-refractivity contribution in [1.82, 2.24) is 15.0 Å². The van der Waals surface area contributed by atoms with Crippen LogP contribution in [0, 0.1) is 6.92 Å². The molecule has 1 atom stereocenters. The summed E-state index contributed by atoms with van der Waals surface area (Å²) in [7, 11) is 0. The largest absolute Gasteiger partial charge is 0.245 e. The summed E-state index contributed by atoms with van der Waals surface area (Å²) in [6.07, 6.45) is 2.00. The quantitative estimate of drug-likeness (QED) is 0.718. The maximum absolute atomic E-state index is 4.28. The molecule has 0 radical (unpaired) electrons. The zero-order chi connectivity index (χ0) is 13.9. The summed E-state index contributed by atoms with van der Waals surface area (Å²) in [6.45, 7) is 4.21. The van der Waals surface area contributed by atoms with E-state index >= 15 is 0 Å². The van der Waals surface area contributed by atoms with Gasteiger partial charge in [-0.05, 0) is 19.4 Å². The highest BCUT2D eigenvalue weighted by Crippen LogP contribution is 2.21. The fraction of sp³-hybridized carbons (Fsp3) is 0.176. The lowest BCUT2D eigenvalue weighted by molar-refractivity contribution is 0.543. The first-order valence-electron chi connectivity index (χ1n) is 6.78. The number of hydrogen-bond donors (Lipinski definition) is 0. The molecule has 0 fully saturated rings. The lowest BCUT2D eigenvalue weighted by atomic mass is 10.1. The van der Waals surface area contributed by atoms with Gasteiger partial charge in [0.1, 0.15) is 5.69 Å².